The third-order valence-corrected chi connectivity index (χ3v) is 5.43. The molecule has 1 aromatic carbocycles. The van der Waals surface area contributed by atoms with Crippen LogP contribution in [0, 0.1) is 13.8 Å². The van der Waals surface area contributed by atoms with Crippen molar-refractivity contribution in [2.24, 2.45) is 5.10 Å². The number of allylic oxidation sites excluding steroid dienone is 2. The number of halogens is 2. The SMILES string of the molecule is Cc1cc(C)nc(N/N=C/C2=C(N3CCOCC3)C(=C\c3ccc(Cl)cc3)/CC2)n1.Cl. The summed E-state index contributed by atoms with van der Waals surface area (Å²) in [5.74, 6) is 0.521. The zero-order valence-corrected chi connectivity index (χ0v) is 19.3. The predicted octanol–water partition coefficient (Wildman–Crippen LogP) is 5.03. The molecule has 8 heteroatoms. The second-order valence-electron chi connectivity index (χ2n) is 7.54. The van der Waals surface area contributed by atoms with Gasteiger partial charge in [-0.15, -0.1) is 12.4 Å². The van der Waals surface area contributed by atoms with Crippen LogP contribution in [0.1, 0.15) is 29.8 Å². The summed E-state index contributed by atoms with van der Waals surface area (Å²) in [5.41, 5.74) is 9.78. The van der Waals surface area contributed by atoms with E-state index in [1.165, 1.54) is 16.8 Å². The quantitative estimate of drug-likeness (QED) is 0.501. The van der Waals surface area contributed by atoms with Crippen molar-refractivity contribution < 1.29 is 4.74 Å². The standard InChI is InChI=1S/C23H26ClN5O.ClH/c1-16-13-17(2)27-23(26-16)28-25-15-20-6-5-19(14-18-3-7-21(24)8-4-18)22(20)29-9-11-30-12-10-29;/h3-4,7-8,13-15H,5-6,9-12H2,1-2H3,(H,26,27,28);1H/b19-14-,25-15+;. The first-order valence-corrected chi connectivity index (χ1v) is 10.6. The molecule has 164 valence electrons. The van der Waals surface area contributed by atoms with Crippen molar-refractivity contribution in [3.05, 3.63) is 69.1 Å². The molecule has 1 aromatic heterocycles. The lowest BCUT2D eigenvalue weighted by atomic mass is 10.1. The third kappa shape index (κ3) is 6.06. The summed E-state index contributed by atoms with van der Waals surface area (Å²) in [6.45, 7) is 7.17. The maximum Gasteiger partial charge on any atom is 0.243 e. The third-order valence-electron chi connectivity index (χ3n) is 5.18. The number of hydrazone groups is 1. The summed E-state index contributed by atoms with van der Waals surface area (Å²) in [7, 11) is 0. The van der Waals surface area contributed by atoms with Crippen molar-refractivity contribution in [1.29, 1.82) is 0 Å². The van der Waals surface area contributed by atoms with Gasteiger partial charge in [-0.25, -0.2) is 15.4 Å². The Kier molecular flexibility index (Phi) is 8.07. The highest BCUT2D eigenvalue weighted by Gasteiger charge is 2.25. The summed E-state index contributed by atoms with van der Waals surface area (Å²) in [6.07, 6.45) is 6.10. The average Bonchev–Trinajstić information content (AvgIpc) is 3.12. The minimum Gasteiger partial charge on any atom is -0.378 e. The highest BCUT2D eigenvalue weighted by atomic mass is 35.5. The van der Waals surface area contributed by atoms with E-state index in [2.05, 4.69) is 43.6 Å². The fourth-order valence-corrected chi connectivity index (χ4v) is 4.00. The first-order valence-electron chi connectivity index (χ1n) is 10.2. The van der Waals surface area contributed by atoms with Gasteiger partial charge in [-0.1, -0.05) is 23.7 Å². The summed E-state index contributed by atoms with van der Waals surface area (Å²) < 4.78 is 5.56. The Bertz CT molecular complexity index is 975. The lowest BCUT2D eigenvalue weighted by Crippen LogP contribution is -2.36. The van der Waals surface area contributed by atoms with Gasteiger partial charge >= 0.3 is 0 Å². The van der Waals surface area contributed by atoms with Crippen molar-refractivity contribution in [1.82, 2.24) is 14.9 Å². The molecule has 1 saturated heterocycles. The highest BCUT2D eigenvalue weighted by Crippen LogP contribution is 2.35. The number of rotatable bonds is 5. The fourth-order valence-electron chi connectivity index (χ4n) is 3.88. The zero-order valence-electron chi connectivity index (χ0n) is 17.8. The van der Waals surface area contributed by atoms with Crippen molar-refractivity contribution >= 4 is 42.2 Å². The zero-order chi connectivity index (χ0) is 20.9. The molecular weight excluding hydrogens is 433 g/mol. The Morgan fingerprint density at radius 1 is 1.06 bits per heavy atom. The van der Waals surface area contributed by atoms with E-state index in [9.17, 15) is 0 Å². The molecule has 6 nitrogen and oxygen atoms in total. The number of aryl methyl sites for hydroxylation is 2. The maximum absolute atomic E-state index is 6.04. The molecule has 31 heavy (non-hydrogen) atoms. The van der Waals surface area contributed by atoms with Crippen LogP contribution in [-0.2, 0) is 4.74 Å². The Hall–Kier alpha value is -2.41. The molecule has 1 fully saturated rings. The molecule has 4 rings (SSSR count). The number of aromatic nitrogens is 2. The summed E-state index contributed by atoms with van der Waals surface area (Å²) >= 11 is 6.04. The first kappa shape index (κ1) is 23.3. The molecule has 0 spiro atoms. The summed E-state index contributed by atoms with van der Waals surface area (Å²) in [6, 6.07) is 9.90. The van der Waals surface area contributed by atoms with Crippen LogP contribution in [0.25, 0.3) is 6.08 Å². The van der Waals surface area contributed by atoms with Gasteiger partial charge in [0, 0.05) is 35.2 Å². The molecule has 0 unspecified atom stereocenters. The van der Waals surface area contributed by atoms with Crippen molar-refractivity contribution in [2.45, 2.75) is 26.7 Å². The molecule has 1 aliphatic heterocycles. The van der Waals surface area contributed by atoms with E-state index in [4.69, 9.17) is 16.3 Å². The molecule has 2 aromatic rings. The number of anilines is 1. The van der Waals surface area contributed by atoms with Crippen LogP contribution in [0.5, 0.6) is 0 Å². The molecule has 2 heterocycles. The van der Waals surface area contributed by atoms with Crippen LogP contribution in [0.15, 0.2) is 52.3 Å². The van der Waals surface area contributed by atoms with E-state index < -0.39 is 0 Å². The van der Waals surface area contributed by atoms with Crippen molar-refractivity contribution in [3.63, 3.8) is 0 Å². The molecule has 0 amide bonds. The Labute approximate surface area is 194 Å². The van der Waals surface area contributed by atoms with Gasteiger partial charge in [-0.3, -0.25) is 0 Å². The lowest BCUT2D eigenvalue weighted by Gasteiger charge is -2.31. The number of hydrogen-bond donors (Lipinski definition) is 1. The van der Waals surface area contributed by atoms with E-state index in [-0.39, 0.29) is 12.4 Å². The largest absolute Gasteiger partial charge is 0.378 e. The molecule has 1 N–H and O–H groups in total. The van der Waals surface area contributed by atoms with Gasteiger partial charge in [-0.05, 0) is 67.7 Å². The molecule has 0 bridgehead atoms. The van der Waals surface area contributed by atoms with Crippen LogP contribution in [0.3, 0.4) is 0 Å². The van der Waals surface area contributed by atoms with Crippen LogP contribution in [-0.4, -0.2) is 47.4 Å². The first-order chi connectivity index (χ1) is 14.6. The van der Waals surface area contributed by atoms with E-state index >= 15 is 0 Å². The molecule has 0 atom stereocenters. The van der Waals surface area contributed by atoms with Gasteiger partial charge in [0.1, 0.15) is 0 Å². The van der Waals surface area contributed by atoms with Gasteiger partial charge in [0.05, 0.1) is 19.4 Å². The minimum absolute atomic E-state index is 0. The highest BCUT2D eigenvalue weighted by molar-refractivity contribution is 6.30. The smallest absolute Gasteiger partial charge is 0.243 e. The van der Waals surface area contributed by atoms with Crippen LogP contribution in [0.2, 0.25) is 5.02 Å². The monoisotopic (exact) mass is 459 g/mol. The van der Waals surface area contributed by atoms with Crippen molar-refractivity contribution in [3.8, 4) is 0 Å². The summed E-state index contributed by atoms with van der Waals surface area (Å²) in [5, 5.41) is 5.19. The topological polar surface area (TPSA) is 62.6 Å². The number of nitrogens with zero attached hydrogens (tertiary/aromatic N) is 4. The Balaban J connectivity index is 0.00000272. The Morgan fingerprint density at radius 2 is 1.74 bits per heavy atom. The second kappa shape index (κ2) is 10.8. The lowest BCUT2D eigenvalue weighted by molar-refractivity contribution is 0.0548. The molecule has 1 aliphatic carbocycles. The number of morpholine rings is 1. The number of nitrogens with one attached hydrogen (secondary N) is 1. The number of hydrogen-bond acceptors (Lipinski definition) is 6. The van der Waals surface area contributed by atoms with Gasteiger partial charge < -0.3 is 9.64 Å². The Morgan fingerprint density at radius 3 is 2.42 bits per heavy atom. The van der Waals surface area contributed by atoms with Crippen LogP contribution in [0.4, 0.5) is 5.95 Å². The minimum atomic E-state index is 0. The number of ether oxygens (including phenoxy) is 1. The van der Waals surface area contributed by atoms with Gasteiger partial charge in [0.25, 0.3) is 0 Å². The van der Waals surface area contributed by atoms with E-state index in [1.54, 1.807) is 0 Å². The van der Waals surface area contributed by atoms with E-state index in [0.717, 1.165) is 61.1 Å². The van der Waals surface area contributed by atoms with E-state index in [1.807, 2.05) is 38.3 Å². The van der Waals surface area contributed by atoms with Gasteiger partial charge in [-0.2, -0.15) is 5.10 Å². The summed E-state index contributed by atoms with van der Waals surface area (Å²) in [4.78, 5) is 11.2. The van der Waals surface area contributed by atoms with Crippen LogP contribution < -0.4 is 5.43 Å². The molecule has 0 radical (unpaired) electrons. The fraction of sp³-hybridized carbons (Fsp3) is 0.348. The van der Waals surface area contributed by atoms with Gasteiger partial charge in [0.2, 0.25) is 5.95 Å². The molecule has 2 aliphatic rings. The predicted molar refractivity (Wildman–Crippen MR) is 129 cm³/mol. The average molecular weight is 460 g/mol. The normalized spacial score (nSPS) is 18.0. The van der Waals surface area contributed by atoms with Crippen LogP contribution >= 0.6 is 24.0 Å². The second-order valence-corrected chi connectivity index (χ2v) is 7.98. The molecule has 0 saturated carbocycles. The van der Waals surface area contributed by atoms with E-state index in [0.29, 0.717) is 5.95 Å². The maximum atomic E-state index is 6.04. The van der Waals surface area contributed by atoms with Gasteiger partial charge in [0.15, 0.2) is 0 Å². The molecular formula is C23H27Cl2N5O. The number of benzene rings is 1. The van der Waals surface area contributed by atoms with Crippen molar-refractivity contribution in [2.75, 3.05) is 31.7 Å².